The molecule has 176 valence electrons. The molecule has 6 nitrogen and oxygen atoms in total. The van der Waals surface area contributed by atoms with Crippen LogP contribution >= 0.6 is 11.6 Å². The molecule has 0 amide bonds. The number of nitrogens with zero attached hydrogens (tertiary/aromatic N) is 3. The second-order valence-electron chi connectivity index (χ2n) is 8.16. The van der Waals surface area contributed by atoms with Crippen molar-refractivity contribution in [3.8, 4) is 22.9 Å². The Balaban J connectivity index is 1.96. The van der Waals surface area contributed by atoms with Crippen LogP contribution in [0, 0.1) is 0 Å². The molecule has 3 aromatic rings. The van der Waals surface area contributed by atoms with Gasteiger partial charge >= 0.3 is 0 Å². The molecule has 33 heavy (non-hydrogen) atoms. The summed E-state index contributed by atoms with van der Waals surface area (Å²) < 4.78 is 13.5. The molecule has 0 aliphatic carbocycles. The minimum atomic E-state index is -0.628. The first-order chi connectivity index (χ1) is 15.9. The zero-order valence-corrected chi connectivity index (χ0v) is 20.2. The Morgan fingerprint density at radius 3 is 2.52 bits per heavy atom. The summed E-state index contributed by atoms with van der Waals surface area (Å²) in [6, 6.07) is 17.6. The highest BCUT2D eigenvalue weighted by atomic mass is 35.5. The highest BCUT2D eigenvalue weighted by Crippen LogP contribution is 2.36. The van der Waals surface area contributed by atoms with Crippen LogP contribution < -0.4 is 4.74 Å². The fourth-order valence-electron chi connectivity index (χ4n) is 3.55. The highest BCUT2D eigenvalue weighted by Gasteiger charge is 2.25. The van der Waals surface area contributed by atoms with E-state index in [9.17, 15) is 5.11 Å². The number of halogens is 1. The topological polar surface area (TPSA) is 59.8 Å². The second kappa shape index (κ2) is 12.0. The zero-order chi connectivity index (χ0) is 23.8. The van der Waals surface area contributed by atoms with Crippen LogP contribution in [-0.4, -0.2) is 51.7 Å². The van der Waals surface area contributed by atoms with Gasteiger partial charge in [-0.2, -0.15) is 5.10 Å². The summed E-state index contributed by atoms with van der Waals surface area (Å²) in [5, 5.41) is 15.8. The van der Waals surface area contributed by atoms with Gasteiger partial charge in [0.2, 0.25) is 5.88 Å². The first kappa shape index (κ1) is 25.0. The zero-order valence-electron chi connectivity index (χ0n) is 19.4. The molecule has 1 atom stereocenters. The standard InChI is InChI=1S/C26H32ClN3O3/c1-5-15-32-18-21(31)16-30(19(2)3)17-22-25(20-11-7-6-8-12-20)28-29(4)26(22)33-24-14-10-9-13-23(24)27/h5-14,19,21,31H,1,15-18H2,2-4H3/t21-/m1/s1. The molecule has 1 aromatic heterocycles. The lowest BCUT2D eigenvalue weighted by atomic mass is 10.1. The van der Waals surface area contributed by atoms with Gasteiger partial charge in [0.15, 0.2) is 0 Å². The summed E-state index contributed by atoms with van der Waals surface area (Å²) in [6.07, 6.45) is 1.05. The monoisotopic (exact) mass is 469 g/mol. The van der Waals surface area contributed by atoms with Gasteiger partial charge in [0.25, 0.3) is 0 Å². The van der Waals surface area contributed by atoms with Crippen molar-refractivity contribution in [2.45, 2.75) is 32.5 Å². The molecule has 7 heteroatoms. The average molecular weight is 470 g/mol. The van der Waals surface area contributed by atoms with Crippen LogP contribution in [0.15, 0.2) is 67.3 Å². The Hall–Kier alpha value is -2.64. The number of hydrogen-bond donors (Lipinski definition) is 1. The number of benzene rings is 2. The molecule has 0 saturated carbocycles. The maximum Gasteiger partial charge on any atom is 0.222 e. The quantitative estimate of drug-likeness (QED) is 0.288. The molecule has 0 saturated heterocycles. The fourth-order valence-corrected chi connectivity index (χ4v) is 3.73. The molecular formula is C26H32ClN3O3. The van der Waals surface area contributed by atoms with Crippen molar-refractivity contribution >= 4 is 11.6 Å². The van der Waals surface area contributed by atoms with E-state index in [0.29, 0.717) is 36.3 Å². The summed E-state index contributed by atoms with van der Waals surface area (Å²) in [7, 11) is 1.86. The molecule has 0 radical (unpaired) electrons. The number of aromatic nitrogens is 2. The predicted octanol–water partition coefficient (Wildman–Crippen LogP) is 5.31. The number of ether oxygens (including phenoxy) is 2. The van der Waals surface area contributed by atoms with E-state index in [2.05, 4.69) is 25.3 Å². The number of aliphatic hydroxyl groups excluding tert-OH is 1. The molecule has 0 fully saturated rings. The molecule has 1 N–H and O–H groups in total. The number of rotatable bonds is 12. The largest absolute Gasteiger partial charge is 0.437 e. The van der Waals surface area contributed by atoms with Crippen LogP contribution in [-0.2, 0) is 18.3 Å². The molecule has 0 spiro atoms. The number of aryl methyl sites for hydroxylation is 1. The third-order valence-electron chi connectivity index (χ3n) is 5.26. The summed E-state index contributed by atoms with van der Waals surface area (Å²) >= 11 is 6.37. The molecule has 0 aliphatic heterocycles. The van der Waals surface area contributed by atoms with Crippen LogP contribution in [0.3, 0.4) is 0 Å². The van der Waals surface area contributed by atoms with Crippen molar-refractivity contribution in [1.29, 1.82) is 0 Å². The van der Waals surface area contributed by atoms with E-state index in [1.165, 1.54) is 0 Å². The highest BCUT2D eigenvalue weighted by molar-refractivity contribution is 6.32. The lowest BCUT2D eigenvalue weighted by molar-refractivity contribution is 0.0177. The second-order valence-corrected chi connectivity index (χ2v) is 8.56. The van der Waals surface area contributed by atoms with Crippen LogP contribution in [0.5, 0.6) is 11.6 Å². The van der Waals surface area contributed by atoms with Crippen molar-refractivity contribution in [2.24, 2.45) is 7.05 Å². The Bertz CT molecular complexity index is 1040. The Morgan fingerprint density at radius 1 is 1.15 bits per heavy atom. The van der Waals surface area contributed by atoms with Gasteiger partial charge in [-0.05, 0) is 26.0 Å². The normalized spacial score (nSPS) is 12.3. The smallest absolute Gasteiger partial charge is 0.222 e. The van der Waals surface area contributed by atoms with Crippen LogP contribution in [0.1, 0.15) is 19.4 Å². The number of hydrogen-bond acceptors (Lipinski definition) is 5. The third-order valence-corrected chi connectivity index (χ3v) is 5.57. The van der Waals surface area contributed by atoms with Gasteiger partial charge in [-0.3, -0.25) is 4.90 Å². The maximum absolute atomic E-state index is 10.5. The summed E-state index contributed by atoms with van der Waals surface area (Å²) in [5.41, 5.74) is 2.76. The van der Waals surface area contributed by atoms with Gasteiger partial charge in [0.1, 0.15) is 11.4 Å². The molecule has 2 aromatic carbocycles. The third kappa shape index (κ3) is 6.68. The van der Waals surface area contributed by atoms with Crippen molar-refractivity contribution in [1.82, 2.24) is 14.7 Å². The fraction of sp³-hybridized carbons (Fsp3) is 0.346. The Kier molecular flexibility index (Phi) is 9.09. The van der Waals surface area contributed by atoms with Gasteiger partial charge < -0.3 is 14.6 Å². The van der Waals surface area contributed by atoms with Gasteiger partial charge in [0.05, 0.1) is 29.9 Å². The Labute approximate surface area is 201 Å². The van der Waals surface area contributed by atoms with Crippen LogP contribution in [0.25, 0.3) is 11.3 Å². The molecule has 1 heterocycles. The van der Waals surface area contributed by atoms with Gasteiger partial charge in [-0.1, -0.05) is 60.1 Å². The van der Waals surface area contributed by atoms with E-state index in [1.54, 1.807) is 16.8 Å². The molecule has 0 bridgehead atoms. The first-order valence-electron chi connectivity index (χ1n) is 11.0. The van der Waals surface area contributed by atoms with E-state index < -0.39 is 6.10 Å². The average Bonchev–Trinajstić information content (AvgIpc) is 3.10. The molecular weight excluding hydrogens is 438 g/mol. The van der Waals surface area contributed by atoms with Gasteiger partial charge in [-0.25, -0.2) is 4.68 Å². The van der Waals surface area contributed by atoms with E-state index >= 15 is 0 Å². The van der Waals surface area contributed by atoms with Crippen molar-refractivity contribution in [3.05, 3.63) is 77.8 Å². The lowest BCUT2D eigenvalue weighted by Crippen LogP contribution is -2.39. The SMILES string of the molecule is C=CCOC[C@H](O)CN(Cc1c(-c2ccccc2)nn(C)c1Oc1ccccc1Cl)C(C)C. The van der Waals surface area contributed by atoms with E-state index in [4.69, 9.17) is 26.2 Å². The van der Waals surface area contributed by atoms with Gasteiger partial charge in [0, 0.05) is 31.7 Å². The van der Waals surface area contributed by atoms with Crippen LogP contribution in [0.4, 0.5) is 0 Å². The molecule has 3 rings (SSSR count). The predicted molar refractivity (Wildman–Crippen MR) is 133 cm³/mol. The van der Waals surface area contributed by atoms with E-state index in [0.717, 1.165) is 16.8 Å². The van der Waals surface area contributed by atoms with E-state index in [-0.39, 0.29) is 12.6 Å². The van der Waals surface area contributed by atoms with Crippen molar-refractivity contribution < 1.29 is 14.6 Å². The lowest BCUT2D eigenvalue weighted by Gasteiger charge is -2.29. The van der Waals surface area contributed by atoms with Crippen LogP contribution in [0.2, 0.25) is 5.02 Å². The number of para-hydroxylation sites is 1. The number of aliphatic hydroxyl groups is 1. The van der Waals surface area contributed by atoms with Crippen molar-refractivity contribution in [3.63, 3.8) is 0 Å². The minimum absolute atomic E-state index is 0.177. The minimum Gasteiger partial charge on any atom is -0.437 e. The van der Waals surface area contributed by atoms with Crippen molar-refractivity contribution in [2.75, 3.05) is 19.8 Å². The molecule has 0 aliphatic rings. The molecule has 0 unspecified atom stereocenters. The summed E-state index contributed by atoms with van der Waals surface area (Å²) in [4.78, 5) is 2.19. The summed E-state index contributed by atoms with van der Waals surface area (Å²) in [5.74, 6) is 1.18. The summed E-state index contributed by atoms with van der Waals surface area (Å²) in [6.45, 7) is 9.49. The van der Waals surface area contributed by atoms with E-state index in [1.807, 2.05) is 55.6 Å². The first-order valence-corrected chi connectivity index (χ1v) is 11.4. The van der Waals surface area contributed by atoms with Gasteiger partial charge in [-0.15, -0.1) is 6.58 Å². The Morgan fingerprint density at radius 2 is 1.85 bits per heavy atom. The maximum atomic E-state index is 10.5.